The molecule has 0 saturated carbocycles. The maximum absolute atomic E-state index is 11.7. The first-order chi connectivity index (χ1) is 7.67. The molecule has 0 bridgehead atoms. The molecular formula is C8H16N3O5-. The largest absolute Gasteiger partial charge is 0.770 e. The highest BCUT2D eigenvalue weighted by atomic mass is 16.6. The van der Waals surface area contributed by atoms with E-state index < -0.39 is 11.9 Å². The molecule has 1 aliphatic heterocycles. The van der Waals surface area contributed by atoms with Crippen molar-refractivity contribution in [3.05, 3.63) is 5.21 Å². The maximum atomic E-state index is 11.7. The zero-order valence-electron chi connectivity index (χ0n) is 8.82. The van der Waals surface area contributed by atoms with E-state index in [1.807, 2.05) is 0 Å². The third-order valence-electron chi connectivity index (χ3n) is 2.33. The van der Waals surface area contributed by atoms with E-state index in [-0.39, 0.29) is 39.3 Å². The number of hydrazine groups is 2. The van der Waals surface area contributed by atoms with Crippen LogP contribution in [0.25, 0.3) is 0 Å². The summed E-state index contributed by atoms with van der Waals surface area (Å²) in [5.74, 6) is -0.466. The third-order valence-corrected chi connectivity index (χ3v) is 2.33. The van der Waals surface area contributed by atoms with Crippen molar-refractivity contribution in [2.24, 2.45) is 0 Å². The fraction of sp³-hybridized carbons (Fsp3) is 0.875. The minimum absolute atomic E-state index is 0.000494. The number of nitrogens with zero attached hydrogens (tertiary/aromatic N) is 3. The minimum Gasteiger partial charge on any atom is -0.770 e. The van der Waals surface area contributed by atoms with Crippen LogP contribution in [0.15, 0.2) is 0 Å². The first-order valence-corrected chi connectivity index (χ1v) is 5.05. The highest BCUT2D eigenvalue weighted by Gasteiger charge is 2.38. The number of β-amino-alcohol motifs (C(OH)–C–C–N with tert-alkyl or cyclic N) is 2. The molecule has 0 aromatic heterocycles. The first kappa shape index (κ1) is 13.3. The third kappa shape index (κ3) is 2.48. The standard InChI is InChI=1S/C8H16N3O5/c12-4-1-7-8(15)9(2-5-13)10(3-6-14)11(7)16/h7,12-14H,1-6H2/q-1. The molecule has 94 valence electrons. The highest BCUT2D eigenvalue weighted by molar-refractivity contribution is 5.83. The van der Waals surface area contributed by atoms with Gasteiger partial charge in [0.2, 0.25) is 0 Å². The van der Waals surface area contributed by atoms with Gasteiger partial charge in [0.05, 0.1) is 32.3 Å². The summed E-state index contributed by atoms with van der Waals surface area (Å²) in [5, 5.41) is 40.5. The monoisotopic (exact) mass is 234 g/mol. The van der Waals surface area contributed by atoms with Gasteiger partial charge in [0, 0.05) is 6.61 Å². The predicted molar refractivity (Wildman–Crippen MR) is 53.3 cm³/mol. The number of aliphatic hydroxyl groups excluding tert-OH is 3. The first-order valence-electron chi connectivity index (χ1n) is 5.05. The van der Waals surface area contributed by atoms with Crippen LogP contribution in [0.2, 0.25) is 0 Å². The summed E-state index contributed by atoms with van der Waals surface area (Å²) >= 11 is 0. The summed E-state index contributed by atoms with van der Waals surface area (Å²) < 4.78 is 0. The normalized spacial score (nSPS) is 23.4. The van der Waals surface area contributed by atoms with Crippen molar-refractivity contribution in [1.82, 2.24) is 15.3 Å². The molecule has 1 fully saturated rings. The Morgan fingerprint density at radius 3 is 2.25 bits per heavy atom. The number of aliphatic hydroxyl groups is 3. The summed E-state index contributed by atoms with van der Waals surface area (Å²) in [6, 6.07) is -0.969. The summed E-state index contributed by atoms with van der Waals surface area (Å²) in [6.45, 7) is -0.834. The van der Waals surface area contributed by atoms with Gasteiger partial charge in [-0.3, -0.25) is 15.0 Å². The molecule has 1 heterocycles. The summed E-state index contributed by atoms with van der Waals surface area (Å²) in [6.07, 6.45) is 0.0339. The maximum Gasteiger partial charge on any atom is 0.255 e. The number of rotatable bonds is 6. The molecule has 0 aromatic rings. The second-order valence-corrected chi connectivity index (χ2v) is 3.34. The number of hydroxylamine groups is 1. The van der Waals surface area contributed by atoms with Gasteiger partial charge in [-0.2, -0.15) is 5.12 Å². The Labute approximate surface area is 92.8 Å². The molecule has 16 heavy (non-hydrogen) atoms. The number of amides is 1. The van der Waals surface area contributed by atoms with Crippen molar-refractivity contribution >= 4 is 5.91 Å². The minimum atomic E-state index is -0.969. The van der Waals surface area contributed by atoms with Gasteiger partial charge in [0.15, 0.2) is 0 Å². The van der Waals surface area contributed by atoms with E-state index in [4.69, 9.17) is 15.3 Å². The Balaban J connectivity index is 2.76. The number of carbonyl (C=O) groups is 1. The van der Waals surface area contributed by atoms with Crippen molar-refractivity contribution < 1.29 is 20.1 Å². The molecule has 1 aliphatic rings. The van der Waals surface area contributed by atoms with Gasteiger partial charge >= 0.3 is 0 Å². The van der Waals surface area contributed by atoms with Gasteiger partial charge < -0.3 is 20.5 Å². The van der Waals surface area contributed by atoms with Crippen molar-refractivity contribution in [3.63, 3.8) is 0 Å². The lowest BCUT2D eigenvalue weighted by Gasteiger charge is -2.37. The van der Waals surface area contributed by atoms with Crippen molar-refractivity contribution in [2.45, 2.75) is 12.5 Å². The van der Waals surface area contributed by atoms with Gasteiger partial charge in [0.25, 0.3) is 5.91 Å². The smallest absolute Gasteiger partial charge is 0.255 e. The lowest BCUT2D eigenvalue weighted by Crippen LogP contribution is -2.46. The van der Waals surface area contributed by atoms with Crippen LogP contribution in [0.1, 0.15) is 6.42 Å². The molecule has 0 radical (unpaired) electrons. The van der Waals surface area contributed by atoms with Gasteiger partial charge in [0.1, 0.15) is 0 Å². The van der Waals surface area contributed by atoms with Crippen LogP contribution in [0.4, 0.5) is 0 Å². The molecule has 1 rings (SSSR count). The molecule has 0 aliphatic carbocycles. The molecule has 0 spiro atoms. The SMILES string of the molecule is O=C1C(CCO)N([O-])N(CCO)N1CCO. The van der Waals surface area contributed by atoms with E-state index >= 15 is 0 Å². The van der Waals surface area contributed by atoms with E-state index in [9.17, 15) is 10.0 Å². The second kappa shape index (κ2) is 6.09. The van der Waals surface area contributed by atoms with Gasteiger partial charge in [-0.15, -0.1) is 0 Å². The van der Waals surface area contributed by atoms with Crippen LogP contribution in [0.3, 0.4) is 0 Å². The number of hydrogen-bond donors (Lipinski definition) is 3. The molecular weight excluding hydrogens is 218 g/mol. The van der Waals surface area contributed by atoms with Gasteiger partial charge in [-0.05, 0) is 6.42 Å². The van der Waals surface area contributed by atoms with E-state index in [1.54, 1.807) is 0 Å². The highest BCUT2D eigenvalue weighted by Crippen LogP contribution is 2.20. The number of hydrogen-bond acceptors (Lipinski definition) is 7. The molecule has 1 saturated heterocycles. The van der Waals surface area contributed by atoms with E-state index in [0.29, 0.717) is 5.17 Å². The molecule has 0 aromatic carbocycles. The summed E-state index contributed by atoms with van der Waals surface area (Å²) in [7, 11) is 0. The molecule has 1 unspecified atom stereocenters. The number of carbonyl (C=O) groups excluding carboxylic acids is 1. The van der Waals surface area contributed by atoms with Crippen LogP contribution < -0.4 is 0 Å². The van der Waals surface area contributed by atoms with Crippen molar-refractivity contribution in [3.8, 4) is 0 Å². The van der Waals surface area contributed by atoms with Crippen LogP contribution in [-0.4, -0.2) is 75.5 Å². The zero-order chi connectivity index (χ0) is 12.1. The molecule has 8 heteroatoms. The van der Waals surface area contributed by atoms with Gasteiger partial charge in [-0.1, -0.05) is 0 Å². The molecule has 1 atom stereocenters. The van der Waals surface area contributed by atoms with Crippen molar-refractivity contribution in [1.29, 1.82) is 0 Å². The average Bonchev–Trinajstić information content (AvgIpc) is 2.47. The lowest BCUT2D eigenvalue weighted by molar-refractivity contribution is -0.150. The Bertz CT molecular complexity index is 240. The fourth-order valence-electron chi connectivity index (χ4n) is 1.63. The van der Waals surface area contributed by atoms with Gasteiger partial charge in [-0.25, -0.2) is 0 Å². The van der Waals surface area contributed by atoms with E-state index in [1.165, 1.54) is 0 Å². The molecule has 8 nitrogen and oxygen atoms in total. The van der Waals surface area contributed by atoms with E-state index in [0.717, 1.165) is 10.1 Å². The lowest BCUT2D eigenvalue weighted by atomic mass is 10.2. The Morgan fingerprint density at radius 1 is 1.12 bits per heavy atom. The summed E-state index contributed by atoms with van der Waals surface area (Å²) in [4.78, 5) is 11.7. The predicted octanol–water partition coefficient (Wildman–Crippen LogP) is -2.50. The fourth-order valence-corrected chi connectivity index (χ4v) is 1.63. The van der Waals surface area contributed by atoms with E-state index in [2.05, 4.69) is 0 Å². The Kier molecular flexibility index (Phi) is 5.06. The van der Waals surface area contributed by atoms with Crippen LogP contribution >= 0.6 is 0 Å². The molecule has 1 amide bonds. The zero-order valence-corrected chi connectivity index (χ0v) is 8.82. The van der Waals surface area contributed by atoms with Crippen LogP contribution in [0.5, 0.6) is 0 Å². The quantitative estimate of drug-likeness (QED) is 0.465. The summed E-state index contributed by atoms with van der Waals surface area (Å²) in [5.41, 5.74) is 0. The van der Waals surface area contributed by atoms with Crippen LogP contribution in [-0.2, 0) is 4.79 Å². The average molecular weight is 234 g/mol. The Hall–Kier alpha value is -0.770. The second-order valence-electron chi connectivity index (χ2n) is 3.34. The van der Waals surface area contributed by atoms with Crippen molar-refractivity contribution in [2.75, 3.05) is 32.9 Å². The Morgan fingerprint density at radius 2 is 1.75 bits per heavy atom. The molecule has 3 N–H and O–H groups in total. The topological polar surface area (TPSA) is 111 Å². The van der Waals surface area contributed by atoms with Crippen LogP contribution in [0, 0.1) is 5.21 Å².